The van der Waals surface area contributed by atoms with Crippen molar-refractivity contribution in [2.24, 2.45) is 5.92 Å². The smallest absolute Gasteiger partial charge is 0.251 e. The molecule has 0 spiro atoms. The van der Waals surface area contributed by atoms with E-state index in [2.05, 4.69) is 5.32 Å². The summed E-state index contributed by atoms with van der Waals surface area (Å²) in [5.74, 6) is 0.503. The first kappa shape index (κ1) is 15.5. The number of nitrogens with one attached hydrogen (secondary N) is 1. The molecule has 3 rings (SSSR count). The van der Waals surface area contributed by atoms with Crippen LogP contribution in [0.4, 0.5) is 0 Å². The lowest BCUT2D eigenvalue weighted by Crippen LogP contribution is -2.53. The van der Waals surface area contributed by atoms with Crippen LogP contribution in [0.25, 0.3) is 0 Å². The number of rotatable bonds is 5. The van der Waals surface area contributed by atoms with Gasteiger partial charge in [0.15, 0.2) is 0 Å². The molecule has 1 saturated heterocycles. The molecule has 1 heterocycles. The van der Waals surface area contributed by atoms with Crippen molar-refractivity contribution in [1.82, 2.24) is 5.32 Å². The van der Waals surface area contributed by atoms with Gasteiger partial charge in [-0.05, 0) is 57.2 Å². The van der Waals surface area contributed by atoms with Crippen LogP contribution in [0.2, 0.25) is 0 Å². The van der Waals surface area contributed by atoms with Crippen molar-refractivity contribution < 1.29 is 14.6 Å². The predicted octanol–water partition coefficient (Wildman–Crippen LogP) is 2.30. The van der Waals surface area contributed by atoms with Gasteiger partial charge in [0.25, 0.3) is 5.91 Å². The maximum Gasteiger partial charge on any atom is 0.251 e. The lowest BCUT2D eigenvalue weighted by atomic mass is 9.76. The quantitative estimate of drug-likeness (QED) is 0.877. The van der Waals surface area contributed by atoms with Gasteiger partial charge in [0.1, 0.15) is 0 Å². The zero-order valence-electron chi connectivity index (χ0n) is 13.3. The first-order chi connectivity index (χ1) is 10.4. The molecule has 1 amide bonds. The van der Waals surface area contributed by atoms with Crippen LogP contribution in [0.1, 0.15) is 49.0 Å². The van der Waals surface area contributed by atoms with Gasteiger partial charge in [0.05, 0.1) is 11.7 Å². The van der Waals surface area contributed by atoms with Crippen LogP contribution in [0.5, 0.6) is 0 Å². The second-order valence-corrected chi connectivity index (χ2v) is 7.19. The number of carbonyl (C=O) groups is 1. The molecule has 2 fully saturated rings. The molecule has 0 radical (unpaired) electrons. The Balaban J connectivity index is 1.58. The molecule has 1 aromatic carbocycles. The third-order valence-corrected chi connectivity index (χ3v) is 4.79. The molecule has 2 aliphatic rings. The van der Waals surface area contributed by atoms with Crippen LogP contribution >= 0.6 is 0 Å². The van der Waals surface area contributed by atoms with Crippen molar-refractivity contribution in [1.29, 1.82) is 0 Å². The summed E-state index contributed by atoms with van der Waals surface area (Å²) in [4.78, 5) is 12.4. The zero-order valence-corrected chi connectivity index (χ0v) is 13.3. The van der Waals surface area contributed by atoms with Gasteiger partial charge in [-0.3, -0.25) is 4.79 Å². The minimum atomic E-state index is -0.679. The molecule has 2 N–H and O–H groups in total. The maximum absolute atomic E-state index is 12.4. The zero-order chi connectivity index (χ0) is 15.7. The average Bonchev–Trinajstić information content (AvgIpc) is 2.83. The Bertz CT molecular complexity index is 550. The highest BCUT2D eigenvalue weighted by molar-refractivity contribution is 5.94. The van der Waals surface area contributed by atoms with Gasteiger partial charge >= 0.3 is 0 Å². The van der Waals surface area contributed by atoms with Gasteiger partial charge in [-0.2, -0.15) is 0 Å². The second-order valence-electron chi connectivity index (χ2n) is 7.19. The molecule has 1 aromatic rings. The Morgan fingerprint density at radius 3 is 3.00 bits per heavy atom. The molecular weight excluding hydrogens is 278 g/mol. The Morgan fingerprint density at radius 2 is 2.27 bits per heavy atom. The van der Waals surface area contributed by atoms with Gasteiger partial charge in [-0.15, -0.1) is 0 Å². The standard InChI is InChI=1S/C18H25NO3/c1-18(2,21)8-6-12-4-3-5-13(10-12)17(20)19-15-11-16-14(15)7-9-22-16/h3-5,10,14-16,21H,6-9,11H2,1-2H3,(H,19,20)/t14-,15+,16+/m1/s1. The van der Waals surface area contributed by atoms with Gasteiger partial charge in [0, 0.05) is 24.1 Å². The number of carbonyl (C=O) groups excluding carboxylic acids is 1. The topological polar surface area (TPSA) is 58.6 Å². The Labute approximate surface area is 131 Å². The normalized spacial score (nSPS) is 27.1. The van der Waals surface area contributed by atoms with E-state index in [4.69, 9.17) is 4.74 Å². The van der Waals surface area contributed by atoms with E-state index in [0.29, 0.717) is 24.0 Å². The fourth-order valence-corrected chi connectivity index (χ4v) is 3.33. The van der Waals surface area contributed by atoms with Crippen molar-refractivity contribution in [2.75, 3.05) is 6.61 Å². The average molecular weight is 303 g/mol. The Hall–Kier alpha value is -1.39. The molecule has 0 aromatic heterocycles. The highest BCUT2D eigenvalue weighted by Gasteiger charge is 2.45. The molecule has 0 bridgehead atoms. The van der Waals surface area contributed by atoms with Gasteiger partial charge in [-0.25, -0.2) is 0 Å². The summed E-state index contributed by atoms with van der Waals surface area (Å²) in [6.45, 7) is 4.44. The monoisotopic (exact) mass is 303 g/mol. The summed E-state index contributed by atoms with van der Waals surface area (Å²) in [5.41, 5.74) is 1.11. The van der Waals surface area contributed by atoms with Crippen LogP contribution in [0, 0.1) is 5.92 Å². The first-order valence-corrected chi connectivity index (χ1v) is 8.16. The van der Waals surface area contributed by atoms with Crippen LogP contribution in [0.15, 0.2) is 24.3 Å². The van der Waals surface area contributed by atoms with E-state index in [-0.39, 0.29) is 11.9 Å². The van der Waals surface area contributed by atoms with E-state index in [9.17, 15) is 9.90 Å². The van der Waals surface area contributed by atoms with Gasteiger partial charge in [-0.1, -0.05) is 12.1 Å². The minimum Gasteiger partial charge on any atom is -0.390 e. The lowest BCUT2D eigenvalue weighted by molar-refractivity contribution is 0.00809. The molecule has 120 valence electrons. The molecule has 4 nitrogen and oxygen atoms in total. The fraction of sp³-hybridized carbons (Fsp3) is 0.611. The van der Waals surface area contributed by atoms with E-state index in [1.54, 1.807) is 13.8 Å². The number of amides is 1. The molecule has 1 saturated carbocycles. The van der Waals surface area contributed by atoms with Crippen molar-refractivity contribution in [3.05, 3.63) is 35.4 Å². The number of aliphatic hydroxyl groups is 1. The van der Waals surface area contributed by atoms with Crippen molar-refractivity contribution >= 4 is 5.91 Å². The van der Waals surface area contributed by atoms with Crippen molar-refractivity contribution in [2.45, 2.75) is 57.3 Å². The fourth-order valence-electron chi connectivity index (χ4n) is 3.33. The summed E-state index contributed by atoms with van der Waals surface area (Å²) in [7, 11) is 0. The number of hydrogen-bond donors (Lipinski definition) is 2. The lowest BCUT2D eigenvalue weighted by Gasteiger charge is -2.39. The van der Waals surface area contributed by atoms with E-state index < -0.39 is 5.60 Å². The number of hydrogen-bond acceptors (Lipinski definition) is 3. The Morgan fingerprint density at radius 1 is 1.45 bits per heavy atom. The summed E-state index contributed by atoms with van der Waals surface area (Å²) in [6, 6.07) is 7.97. The van der Waals surface area contributed by atoms with Crippen LogP contribution in [-0.2, 0) is 11.2 Å². The number of fused-ring (bicyclic) bond motifs is 1. The third kappa shape index (κ3) is 3.50. The molecule has 3 atom stereocenters. The molecule has 22 heavy (non-hydrogen) atoms. The summed E-state index contributed by atoms with van der Waals surface area (Å²) >= 11 is 0. The van der Waals surface area contributed by atoms with E-state index in [0.717, 1.165) is 31.4 Å². The molecule has 4 heteroatoms. The predicted molar refractivity (Wildman–Crippen MR) is 84.8 cm³/mol. The second kappa shape index (κ2) is 6.01. The molecule has 1 aliphatic carbocycles. The largest absolute Gasteiger partial charge is 0.390 e. The number of ether oxygens (including phenoxy) is 1. The molecule has 1 aliphatic heterocycles. The van der Waals surface area contributed by atoms with Crippen molar-refractivity contribution in [3.63, 3.8) is 0 Å². The van der Waals surface area contributed by atoms with E-state index in [1.165, 1.54) is 0 Å². The number of benzene rings is 1. The van der Waals surface area contributed by atoms with Crippen molar-refractivity contribution in [3.8, 4) is 0 Å². The van der Waals surface area contributed by atoms with Crippen LogP contribution < -0.4 is 5.32 Å². The maximum atomic E-state index is 12.4. The third-order valence-electron chi connectivity index (χ3n) is 4.79. The SMILES string of the molecule is CC(C)(O)CCc1cccc(C(=O)N[C@H]2C[C@@H]3OCC[C@H]23)c1. The van der Waals surface area contributed by atoms with Gasteiger partial charge < -0.3 is 15.2 Å². The minimum absolute atomic E-state index is 0.000425. The summed E-state index contributed by atoms with van der Waals surface area (Å²) in [5, 5.41) is 12.9. The van der Waals surface area contributed by atoms with Crippen LogP contribution in [-0.4, -0.2) is 35.4 Å². The first-order valence-electron chi connectivity index (χ1n) is 8.16. The van der Waals surface area contributed by atoms with Gasteiger partial charge in [0.2, 0.25) is 0 Å². The Kier molecular flexibility index (Phi) is 4.24. The molecular formula is C18H25NO3. The number of aryl methyl sites for hydroxylation is 1. The van der Waals surface area contributed by atoms with E-state index >= 15 is 0 Å². The molecule has 0 unspecified atom stereocenters. The van der Waals surface area contributed by atoms with Crippen LogP contribution in [0.3, 0.4) is 0 Å². The summed E-state index contributed by atoms with van der Waals surface area (Å²) in [6.07, 6.45) is 3.81. The summed E-state index contributed by atoms with van der Waals surface area (Å²) < 4.78 is 5.58. The highest BCUT2D eigenvalue weighted by Crippen LogP contribution is 2.38. The highest BCUT2D eigenvalue weighted by atomic mass is 16.5. The van der Waals surface area contributed by atoms with E-state index in [1.807, 2.05) is 24.3 Å².